The van der Waals surface area contributed by atoms with Crippen molar-refractivity contribution in [2.24, 2.45) is 5.92 Å². The van der Waals surface area contributed by atoms with E-state index in [-0.39, 0.29) is 11.5 Å². The molecule has 1 unspecified atom stereocenters. The van der Waals surface area contributed by atoms with Crippen molar-refractivity contribution >= 4 is 5.91 Å². The van der Waals surface area contributed by atoms with Gasteiger partial charge in [0.15, 0.2) is 0 Å². The van der Waals surface area contributed by atoms with E-state index in [4.69, 9.17) is 0 Å². The fourth-order valence-electron chi connectivity index (χ4n) is 4.44. The summed E-state index contributed by atoms with van der Waals surface area (Å²) in [6.07, 6.45) is 10.0. The van der Waals surface area contributed by atoms with Gasteiger partial charge in [0.1, 0.15) is 0 Å². The SMILES string of the molecule is CN1C(=O)CCCC1CN1CCC(Cn2cnc(-c3cccnc3)cc2=O)CC1. The van der Waals surface area contributed by atoms with Crippen molar-refractivity contribution in [3.63, 3.8) is 0 Å². The van der Waals surface area contributed by atoms with Gasteiger partial charge in [-0.15, -0.1) is 0 Å². The minimum absolute atomic E-state index is 0.0105. The van der Waals surface area contributed by atoms with Crippen molar-refractivity contribution in [1.29, 1.82) is 0 Å². The summed E-state index contributed by atoms with van der Waals surface area (Å²) in [6, 6.07) is 5.70. The van der Waals surface area contributed by atoms with Crippen molar-refractivity contribution in [3.8, 4) is 11.3 Å². The summed E-state index contributed by atoms with van der Waals surface area (Å²) >= 11 is 0. The number of aromatic nitrogens is 3. The lowest BCUT2D eigenvalue weighted by atomic mass is 9.95. The van der Waals surface area contributed by atoms with E-state index in [1.54, 1.807) is 29.4 Å². The summed E-state index contributed by atoms with van der Waals surface area (Å²) in [6.45, 7) is 3.74. The first-order valence-corrected chi connectivity index (χ1v) is 10.5. The van der Waals surface area contributed by atoms with Crippen LogP contribution in [-0.2, 0) is 11.3 Å². The molecule has 2 fully saturated rings. The summed E-state index contributed by atoms with van der Waals surface area (Å²) in [5.74, 6) is 0.762. The normalized spacial score (nSPS) is 21.5. The van der Waals surface area contributed by atoms with Crippen LogP contribution in [0.1, 0.15) is 32.1 Å². The van der Waals surface area contributed by atoms with E-state index in [1.165, 1.54) is 0 Å². The lowest BCUT2D eigenvalue weighted by Gasteiger charge is -2.39. The van der Waals surface area contributed by atoms with Gasteiger partial charge in [-0.3, -0.25) is 19.1 Å². The first-order valence-electron chi connectivity index (χ1n) is 10.5. The molecule has 0 saturated carbocycles. The third kappa shape index (κ3) is 4.72. The molecule has 0 spiro atoms. The molecule has 7 nitrogen and oxygen atoms in total. The lowest BCUT2D eigenvalue weighted by molar-refractivity contribution is -0.135. The van der Waals surface area contributed by atoms with Gasteiger partial charge in [0, 0.05) is 56.6 Å². The molecule has 0 N–H and O–H groups in total. The first-order chi connectivity index (χ1) is 14.1. The molecule has 1 atom stereocenters. The number of piperidine rings is 2. The summed E-state index contributed by atoms with van der Waals surface area (Å²) < 4.78 is 1.73. The third-order valence-corrected chi connectivity index (χ3v) is 6.34. The number of carbonyl (C=O) groups excluding carboxylic acids is 1. The van der Waals surface area contributed by atoms with Crippen molar-refractivity contribution in [2.75, 3.05) is 26.7 Å². The van der Waals surface area contributed by atoms with Gasteiger partial charge in [0.25, 0.3) is 5.56 Å². The number of carbonyl (C=O) groups is 1. The maximum Gasteiger partial charge on any atom is 0.253 e. The van der Waals surface area contributed by atoms with Crippen LogP contribution < -0.4 is 5.56 Å². The predicted molar refractivity (Wildman–Crippen MR) is 111 cm³/mol. The highest BCUT2D eigenvalue weighted by molar-refractivity contribution is 5.76. The lowest BCUT2D eigenvalue weighted by Crippen LogP contribution is -2.49. The van der Waals surface area contributed by atoms with Crippen molar-refractivity contribution in [2.45, 2.75) is 44.7 Å². The van der Waals surface area contributed by atoms with Gasteiger partial charge in [-0.25, -0.2) is 4.98 Å². The number of likely N-dealkylation sites (tertiary alicyclic amines) is 2. The molecule has 29 heavy (non-hydrogen) atoms. The molecule has 0 aliphatic carbocycles. The smallest absolute Gasteiger partial charge is 0.253 e. The van der Waals surface area contributed by atoms with Crippen LogP contribution in [0.15, 0.2) is 41.7 Å². The van der Waals surface area contributed by atoms with E-state index in [1.807, 2.05) is 24.1 Å². The monoisotopic (exact) mass is 395 g/mol. The molecular formula is C22H29N5O2. The topological polar surface area (TPSA) is 71.3 Å². The Labute approximate surface area is 171 Å². The number of pyridine rings is 1. The van der Waals surface area contributed by atoms with Gasteiger partial charge in [0.2, 0.25) is 5.91 Å². The predicted octanol–water partition coefficient (Wildman–Crippen LogP) is 2.03. The molecule has 4 heterocycles. The number of hydrogen-bond donors (Lipinski definition) is 0. The first kappa shape index (κ1) is 19.8. The Hall–Kier alpha value is -2.54. The quantitative estimate of drug-likeness (QED) is 0.775. The highest BCUT2D eigenvalue weighted by Gasteiger charge is 2.28. The molecular weight excluding hydrogens is 366 g/mol. The van der Waals surface area contributed by atoms with Crippen molar-refractivity contribution in [3.05, 3.63) is 47.3 Å². The van der Waals surface area contributed by atoms with Gasteiger partial charge >= 0.3 is 0 Å². The summed E-state index contributed by atoms with van der Waals surface area (Å²) in [5.41, 5.74) is 1.51. The maximum absolute atomic E-state index is 12.5. The van der Waals surface area contributed by atoms with Crippen molar-refractivity contribution in [1.82, 2.24) is 24.3 Å². The second-order valence-electron chi connectivity index (χ2n) is 8.30. The van der Waals surface area contributed by atoms with E-state index < -0.39 is 0 Å². The van der Waals surface area contributed by atoms with Crippen LogP contribution in [0.3, 0.4) is 0 Å². The van der Waals surface area contributed by atoms with Crippen LogP contribution >= 0.6 is 0 Å². The van der Waals surface area contributed by atoms with Crippen LogP contribution in [0, 0.1) is 5.92 Å². The Bertz CT molecular complexity index is 890. The Morgan fingerprint density at radius 3 is 2.69 bits per heavy atom. The minimum atomic E-state index is -0.0105. The van der Waals surface area contributed by atoms with E-state index in [0.29, 0.717) is 24.1 Å². The molecule has 2 aromatic heterocycles. The molecule has 1 amide bonds. The summed E-state index contributed by atoms with van der Waals surface area (Å²) in [4.78, 5) is 37.4. The molecule has 7 heteroatoms. The second kappa shape index (κ2) is 8.86. The molecule has 4 rings (SSSR count). The fraction of sp³-hybridized carbons (Fsp3) is 0.545. The number of hydrogen-bond acceptors (Lipinski definition) is 5. The molecule has 0 aromatic carbocycles. The van der Waals surface area contributed by atoms with Gasteiger partial charge < -0.3 is 9.80 Å². The van der Waals surface area contributed by atoms with Gasteiger partial charge in [-0.1, -0.05) is 0 Å². The third-order valence-electron chi connectivity index (χ3n) is 6.34. The molecule has 2 aliphatic rings. The number of rotatable bonds is 5. The largest absolute Gasteiger partial charge is 0.341 e. The Balaban J connectivity index is 1.31. The fourth-order valence-corrected chi connectivity index (χ4v) is 4.44. The molecule has 0 bridgehead atoms. The Morgan fingerprint density at radius 1 is 1.14 bits per heavy atom. The number of amides is 1. The van der Waals surface area contributed by atoms with E-state index in [2.05, 4.69) is 14.9 Å². The summed E-state index contributed by atoms with van der Waals surface area (Å²) in [5, 5.41) is 0. The van der Waals surface area contributed by atoms with Crippen LogP contribution in [0.25, 0.3) is 11.3 Å². The van der Waals surface area contributed by atoms with Gasteiger partial charge in [0.05, 0.1) is 12.0 Å². The molecule has 2 aliphatic heterocycles. The van der Waals surface area contributed by atoms with E-state index in [9.17, 15) is 9.59 Å². The van der Waals surface area contributed by atoms with Crippen LogP contribution in [-0.4, -0.2) is 63.0 Å². The standard InChI is InChI=1S/C22H29N5O2/c1-25-19(5-2-6-21(25)28)15-26-10-7-17(8-11-26)14-27-16-24-20(12-22(27)29)18-4-3-9-23-13-18/h3-4,9,12-13,16-17,19H,2,5-8,10-11,14-15H2,1H3. The van der Waals surface area contributed by atoms with E-state index in [0.717, 1.165) is 57.4 Å². The van der Waals surface area contributed by atoms with Crippen LogP contribution in [0.4, 0.5) is 0 Å². The zero-order valence-corrected chi connectivity index (χ0v) is 17.0. The highest BCUT2D eigenvalue weighted by atomic mass is 16.2. The average molecular weight is 396 g/mol. The minimum Gasteiger partial charge on any atom is -0.341 e. The zero-order valence-electron chi connectivity index (χ0n) is 17.0. The number of likely N-dealkylation sites (N-methyl/N-ethyl adjacent to an activating group) is 1. The molecule has 2 saturated heterocycles. The van der Waals surface area contributed by atoms with E-state index >= 15 is 0 Å². The van der Waals surface area contributed by atoms with Gasteiger partial charge in [-0.2, -0.15) is 0 Å². The van der Waals surface area contributed by atoms with Crippen LogP contribution in [0.5, 0.6) is 0 Å². The van der Waals surface area contributed by atoms with Crippen molar-refractivity contribution < 1.29 is 4.79 Å². The molecule has 2 aromatic rings. The average Bonchev–Trinajstić information content (AvgIpc) is 2.75. The number of nitrogens with zero attached hydrogens (tertiary/aromatic N) is 5. The maximum atomic E-state index is 12.5. The van der Waals surface area contributed by atoms with Crippen LogP contribution in [0.2, 0.25) is 0 Å². The zero-order chi connectivity index (χ0) is 20.2. The Morgan fingerprint density at radius 2 is 1.97 bits per heavy atom. The summed E-state index contributed by atoms with van der Waals surface area (Å²) in [7, 11) is 1.94. The molecule has 154 valence electrons. The highest BCUT2D eigenvalue weighted by Crippen LogP contribution is 2.22. The molecule has 0 radical (unpaired) electrons. The Kier molecular flexibility index (Phi) is 6.04. The van der Waals surface area contributed by atoms with Gasteiger partial charge in [-0.05, 0) is 56.8 Å². The second-order valence-corrected chi connectivity index (χ2v) is 8.30.